The largest absolute Gasteiger partial charge is 0.493 e. The summed E-state index contributed by atoms with van der Waals surface area (Å²) < 4.78 is 5.75. The van der Waals surface area contributed by atoms with E-state index >= 15 is 0 Å². The van der Waals surface area contributed by atoms with Crippen molar-refractivity contribution in [2.75, 3.05) is 6.61 Å². The second-order valence-electron chi connectivity index (χ2n) is 5.85. The second kappa shape index (κ2) is 6.75. The smallest absolute Gasteiger partial charge is 0.323 e. The van der Waals surface area contributed by atoms with Crippen molar-refractivity contribution in [3.8, 4) is 5.75 Å². The van der Waals surface area contributed by atoms with Gasteiger partial charge in [-0.1, -0.05) is 26.0 Å². The van der Waals surface area contributed by atoms with Gasteiger partial charge in [0.05, 0.1) is 6.61 Å². The molecule has 112 valence electrons. The maximum absolute atomic E-state index is 10.9. The second-order valence-corrected chi connectivity index (χ2v) is 5.85. The number of hydrogen-bond acceptors (Lipinski definition) is 3. The average Bonchev–Trinajstić information content (AvgIpc) is 2.36. The minimum atomic E-state index is -1.18. The zero-order valence-corrected chi connectivity index (χ0v) is 12.8. The molecule has 0 bridgehead atoms. The molecule has 0 fully saturated rings. The highest BCUT2D eigenvalue weighted by Crippen LogP contribution is 2.24. The maximum atomic E-state index is 10.9. The molecule has 0 aliphatic carbocycles. The van der Waals surface area contributed by atoms with E-state index in [-0.39, 0.29) is 0 Å². The minimum Gasteiger partial charge on any atom is -0.493 e. The van der Waals surface area contributed by atoms with E-state index < -0.39 is 11.5 Å². The average molecular weight is 279 g/mol. The number of carboxylic acid groups (broad SMARTS) is 1. The summed E-state index contributed by atoms with van der Waals surface area (Å²) in [5.41, 5.74) is 6.82. The van der Waals surface area contributed by atoms with Crippen molar-refractivity contribution in [3.63, 3.8) is 0 Å². The highest BCUT2D eigenvalue weighted by atomic mass is 16.5. The lowest BCUT2D eigenvalue weighted by atomic mass is 9.98. The molecule has 0 saturated carbocycles. The summed E-state index contributed by atoms with van der Waals surface area (Å²) in [7, 11) is 0. The molecule has 0 amide bonds. The maximum Gasteiger partial charge on any atom is 0.323 e. The molecule has 4 nitrogen and oxygen atoms in total. The molecular weight excluding hydrogens is 254 g/mol. The van der Waals surface area contributed by atoms with Crippen LogP contribution in [0.4, 0.5) is 0 Å². The van der Waals surface area contributed by atoms with Crippen LogP contribution in [0, 0.1) is 6.92 Å². The Labute approximate surface area is 120 Å². The predicted molar refractivity (Wildman–Crippen MR) is 80.2 cm³/mol. The van der Waals surface area contributed by atoms with Gasteiger partial charge in [0, 0.05) is 0 Å². The van der Waals surface area contributed by atoms with Crippen LogP contribution in [0.25, 0.3) is 0 Å². The van der Waals surface area contributed by atoms with Gasteiger partial charge in [-0.25, -0.2) is 0 Å². The Morgan fingerprint density at radius 3 is 2.65 bits per heavy atom. The molecule has 0 spiro atoms. The molecule has 1 rings (SSSR count). The zero-order valence-electron chi connectivity index (χ0n) is 12.8. The molecule has 4 heteroatoms. The van der Waals surface area contributed by atoms with Gasteiger partial charge in [0.15, 0.2) is 0 Å². The lowest BCUT2D eigenvalue weighted by Crippen LogP contribution is -2.44. The molecule has 1 aromatic rings. The third kappa shape index (κ3) is 4.53. The lowest BCUT2D eigenvalue weighted by Gasteiger charge is -2.19. The Kier molecular flexibility index (Phi) is 5.57. The fourth-order valence-electron chi connectivity index (χ4n) is 1.86. The van der Waals surface area contributed by atoms with E-state index in [1.807, 2.05) is 6.92 Å². The molecule has 1 aromatic carbocycles. The summed E-state index contributed by atoms with van der Waals surface area (Å²) in [6.45, 7) is 8.29. The van der Waals surface area contributed by atoms with E-state index in [0.29, 0.717) is 25.4 Å². The summed E-state index contributed by atoms with van der Waals surface area (Å²) in [4.78, 5) is 10.9. The third-order valence-electron chi connectivity index (χ3n) is 3.47. The van der Waals surface area contributed by atoms with Crippen molar-refractivity contribution in [1.82, 2.24) is 0 Å². The van der Waals surface area contributed by atoms with Crippen molar-refractivity contribution in [2.24, 2.45) is 5.73 Å². The van der Waals surface area contributed by atoms with Crippen LogP contribution >= 0.6 is 0 Å². The van der Waals surface area contributed by atoms with Crippen molar-refractivity contribution >= 4 is 5.97 Å². The zero-order chi connectivity index (χ0) is 15.3. The van der Waals surface area contributed by atoms with Crippen molar-refractivity contribution in [3.05, 3.63) is 29.3 Å². The van der Waals surface area contributed by atoms with Crippen LogP contribution in [-0.4, -0.2) is 23.2 Å². The van der Waals surface area contributed by atoms with Gasteiger partial charge in [-0.05, 0) is 49.8 Å². The first-order chi connectivity index (χ1) is 9.24. The first-order valence-corrected chi connectivity index (χ1v) is 6.99. The molecule has 0 aromatic heterocycles. The fourth-order valence-corrected chi connectivity index (χ4v) is 1.86. The molecule has 0 aliphatic heterocycles. The van der Waals surface area contributed by atoms with Crippen LogP contribution in [0.1, 0.15) is 50.7 Å². The quantitative estimate of drug-likeness (QED) is 0.752. The summed E-state index contributed by atoms with van der Waals surface area (Å²) in [6, 6.07) is 6.21. The number of rotatable bonds is 7. The summed E-state index contributed by atoms with van der Waals surface area (Å²) in [5.74, 6) is 0.345. The van der Waals surface area contributed by atoms with E-state index in [1.165, 1.54) is 12.5 Å². The normalized spacial score (nSPS) is 14.1. The van der Waals surface area contributed by atoms with E-state index in [1.54, 1.807) is 0 Å². The van der Waals surface area contributed by atoms with Gasteiger partial charge in [-0.15, -0.1) is 0 Å². The Bertz CT molecular complexity index is 467. The summed E-state index contributed by atoms with van der Waals surface area (Å²) in [6.07, 6.45) is 1.01. The van der Waals surface area contributed by atoms with E-state index in [0.717, 1.165) is 11.3 Å². The van der Waals surface area contributed by atoms with Crippen molar-refractivity contribution < 1.29 is 14.6 Å². The number of aliphatic carboxylic acids is 1. The van der Waals surface area contributed by atoms with Crippen molar-refractivity contribution in [2.45, 2.75) is 52.0 Å². The van der Waals surface area contributed by atoms with Crippen LogP contribution in [0.3, 0.4) is 0 Å². The van der Waals surface area contributed by atoms with E-state index in [9.17, 15) is 4.79 Å². The standard InChI is InChI=1S/C16H25NO3/c1-11(2)13-7-6-12(3)14(10-13)20-9-5-8-16(4,17)15(18)19/h6-7,10-11H,5,8-9,17H2,1-4H3,(H,18,19). The van der Waals surface area contributed by atoms with Gasteiger partial charge in [-0.3, -0.25) is 4.79 Å². The Hall–Kier alpha value is -1.55. The molecule has 1 atom stereocenters. The SMILES string of the molecule is Cc1ccc(C(C)C)cc1OCCCC(C)(N)C(=O)O. The minimum absolute atomic E-state index is 0.394. The number of aryl methyl sites for hydroxylation is 1. The number of carboxylic acids is 1. The topological polar surface area (TPSA) is 72.5 Å². The van der Waals surface area contributed by atoms with E-state index in [2.05, 4.69) is 32.0 Å². The first kappa shape index (κ1) is 16.5. The number of benzene rings is 1. The first-order valence-electron chi connectivity index (χ1n) is 6.99. The van der Waals surface area contributed by atoms with Gasteiger partial charge in [-0.2, -0.15) is 0 Å². The lowest BCUT2D eigenvalue weighted by molar-refractivity contribution is -0.142. The molecular formula is C16H25NO3. The molecule has 3 N–H and O–H groups in total. The number of nitrogens with two attached hydrogens (primary N) is 1. The van der Waals surface area contributed by atoms with E-state index in [4.69, 9.17) is 15.6 Å². The highest BCUT2D eigenvalue weighted by molar-refractivity contribution is 5.77. The van der Waals surface area contributed by atoms with Gasteiger partial charge >= 0.3 is 5.97 Å². The molecule has 20 heavy (non-hydrogen) atoms. The predicted octanol–water partition coefficient (Wildman–Crippen LogP) is 3.08. The fraction of sp³-hybridized carbons (Fsp3) is 0.562. The van der Waals surface area contributed by atoms with Gasteiger partial charge in [0.1, 0.15) is 11.3 Å². The van der Waals surface area contributed by atoms with Crippen LogP contribution in [-0.2, 0) is 4.79 Å². The number of ether oxygens (including phenoxy) is 1. The highest BCUT2D eigenvalue weighted by Gasteiger charge is 2.26. The van der Waals surface area contributed by atoms with Gasteiger partial charge in [0.2, 0.25) is 0 Å². The Morgan fingerprint density at radius 1 is 1.45 bits per heavy atom. The molecule has 0 aliphatic rings. The van der Waals surface area contributed by atoms with Crippen LogP contribution in [0.2, 0.25) is 0 Å². The van der Waals surface area contributed by atoms with Crippen molar-refractivity contribution in [1.29, 1.82) is 0 Å². The molecule has 0 saturated heterocycles. The molecule has 1 unspecified atom stereocenters. The summed E-state index contributed by atoms with van der Waals surface area (Å²) >= 11 is 0. The molecule has 0 heterocycles. The van der Waals surface area contributed by atoms with Crippen LogP contribution in [0.15, 0.2) is 18.2 Å². The summed E-state index contributed by atoms with van der Waals surface area (Å²) in [5, 5.41) is 8.93. The number of carbonyl (C=O) groups is 1. The van der Waals surface area contributed by atoms with Gasteiger partial charge < -0.3 is 15.6 Å². The molecule has 0 radical (unpaired) electrons. The number of hydrogen-bond donors (Lipinski definition) is 2. The Morgan fingerprint density at radius 2 is 2.10 bits per heavy atom. The Balaban J connectivity index is 2.54. The van der Waals surface area contributed by atoms with Gasteiger partial charge in [0.25, 0.3) is 0 Å². The third-order valence-corrected chi connectivity index (χ3v) is 3.47. The monoisotopic (exact) mass is 279 g/mol. The van der Waals surface area contributed by atoms with Crippen LogP contribution < -0.4 is 10.5 Å². The van der Waals surface area contributed by atoms with Crippen LogP contribution in [0.5, 0.6) is 5.75 Å².